The molecule has 118 valence electrons. The van der Waals surface area contributed by atoms with Gasteiger partial charge in [0.1, 0.15) is 0 Å². The molecular weight excluding hydrogens is 290 g/mol. The van der Waals surface area contributed by atoms with Crippen molar-refractivity contribution in [1.29, 1.82) is 0 Å². The third-order valence-corrected chi connectivity index (χ3v) is 4.00. The topological polar surface area (TPSA) is 75.6 Å². The fraction of sp³-hybridized carbons (Fsp3) is 0.235. The van der Waals surface area contributed by atoms with Crippen LogP contribution >= 0.6 is 0 Å². The first-order chi connectivity index (χ1) is 11.0. The van der Waals surface area contributed by atoms with Gasteiger partial charge in [-0.1, -0.05) is 0 Å². The van der Waals surface area contributed by atoms with Gasteiger partial charge in [0.15, 0.2) is 5.82 Å². The highest BCUT2D eigenvalue weighted by Crippen LogP contribution is 2.17. The maximum atomic E-state index is 12.2. The third-order valence-electron chi connectivity index (χ3n) is 4.00. The largest absolute Gasteiger partial charge is 0.338 e. The smallest absolute Gasteiger partial charge is 0.291 e. The minimum atomic E-state index is -0.247. The van der Waals surface area contributed by atoms with Gasteiger partial charge >= 0.3 is 0 Å². The van der Waals surface area contributed by atoms with Gasteiger partial charge in [-0.15, -0.1) is 0 Å². The van der Waals surface area contributed by atoms with E-state index in [4.69, 9.17) is 0 Å². The number of aryl methyl sites for hydroxylation is 3. The summed E-state index contributed by atoms with van der Waals surface area (Å²) in [5.41, 5.74) is 5.56. The maximum Gasteiger partial charge on any atom is 0.291 e. The van der Waals surface area contributed by atoms with Crippen LogP contribution < -0.4 is 5.32 Å². The van der Waals surface area contributed by atoms with Crippen LogP contribution in [0.5, 0.6) is 0 Å². The summed E-state index contributed by atoms with van der Waals surface area (Å²) in [6.45, 7) is 7.77. The Bertz CT molecular complexity index is 838. The normalized spacial score (nSPS) is 10.8. The highest BCUT2D eigenvalue weighted by molar-refractivity contribution is 6.01. The molecule has 0 aliphatic heterocycles. The van der Waals surface area contributed by atoms with E-state index in [1.54, 1.807) is 6.33 Å². The molecule has 23 heavy (non-hydrogen) atoms. The van der Waals surface area contributed by atoms with Crippen molar-refractivity contribution in [3.63, 3.8) is 0 Å². The lowest BCUT2D eigenvalue weighted by Crippen LogP contribution is -2.13. The van der Waals surface area contributed by atoms with Crippen LogP contribution in [0.3, 0.4) is 0 Å². The Hall–Kier alpha value is -2.89. The molecule has 0 bridgehead atoms. The molecule has 0 aliphatic rings. The molecule has 0 aliphatic carbocycles. The summed E-state index contributed by atoms with van der Waals surface area (Å²) in [7, 11) is 0. The monoisotopic (exact) mass is 309 g/mol. The summed E-state index contributed by atoms with van der Waals surface area (Å²) in [5.74, 6) is 0.0776. The number of anilines is 1. The standard InChI is InChI=1S/C17H19N5O/c1-10-11(2)20-16(19-10)17(23)21-14-5-7-15(8-6-14)22-9-18-12(3)13(22)4/h5-9H,1-4H3,(H,19,20)(H,21,23). The quantitative estimate of drug-likeness (QED) is 0.780. The summed E-state index contributed by atoms with van der Waals surface area (Å²) >= 11 is 0. The van der Waals surface area contributed by atoms with Gasteiger partial charge in [-0.25, -0.2) is 9.97 Å². The number of hydrogen-bond acceptors (Lipinski definition) is 3. The van der Waals surface area contributed by atoms with Crippen LogP contribution in [0.2, 0.25) is 0 Å². The Morgan fingerprint density at radius 3 is 2.30 bits per heavy atom. The molecule has 0 fully saturated rings. The molecule has 6 heteroatoms. The number of imidazole rings is 2. The Morgan fingerprint density at radius 1 is 1.09 bits per heavy atom. The van der Waals surface area contributed by atoms with Gasteiger partial charge in [0.05, 0.1) is 17.7 Å². The number of aromatic amines is 1. The number of rotatable bonds is 3. The van der Waals surface area contributed by atoms with Crippen molar-refractivity contribution in [2.45, 2.75) is 27.7 Å². The maximum absolute atomic E-state index is 12.2. The lowest BCUT2D eigenvalue weighted by Gasteiger charge is -2.08. The van der Waals surface area contributed by atoms with Gasteiger partial charge in [0.25, 0.3) is 5.91 Å². The van der Waals surface area contributed by atoms with E-state index in [2.05, 4.69) is 20.3 Å². The molecule has 0 spiro atoms. The van der Waals surface area contributed by atoms with Crippen molar-refractivity contribution < 1.29 is 4.79 Å². The van der Waals surface area contributed by atoms with Crippen LogP contribution in [-0.2, 0) is 0 Å². The number of carbonyl (C=O) groups excluding carboxylic acids is 1. The highest BCUT2D eigenvalue weighted by atomic mass is 16.2. The van der Waals surface area contributed by atoms with Crippen molar-refractivity contribution in [3.8, 4) is 5.69 Å². The third kappa shape index (κ3) is 2.88. The molecule has 1 aromatic carbocycles. The number of nitrogens with zero attached hydrogens (tertiary/aromatic N) is 3. The first-order valence-corrected chi connectivity index (χ1v) is 7.41. The minimum Gasteiger partial charge on any atom is -0.338 e. The predicted molar refractivity (Wildman–Crippen MR) is 89.1 cm³/mol. The molecule has 3 aromatic rings. The van der Waals surface area contributed by atoms with Gasteiger partial charge < -0.3 is 14.9 Å². The van der Waals surface area contributed by atoms with Crippen molar-refractivity contribution >= 4 is 11.6 Å². The second-order valence-corrected chi connectivity index (χ2v) is 5.58. The first-order valence-electron chi connectivity index (χ1n) is 7.41. The number of H-pyrrole nitrogens is 1. The average Bonchev–Trinajstić information content (AvgIpc) is 3.04. The average molecular weight is 309 g/mol. The fourth-order valence-corrected chi connectivity index (χ4v) is 2.31. The van der Waals surface area contributed by atoms with Gasteiger partial charge in [0.2, 0.25) is 0 Å². The van der Waals surface area contributed by atoms with E-state index in [9.17, 15) is 4.79 Å². The van der Waals surface area contributed by atoms with Crippen LogP contribution in [0.1, 0.15) is 33.4 Å². The van der Waals surface area contributed by atoms with Gasteiger partial charge in [-0.3, -0.25) is 4.79 Å². The van der Waals surface area contributed by atoms with Crippen molar-refractivity contribution in [2.75, 3.05) is 5.32 Å². The summed E-state index contributed by atoms with van der Waals surface area (Å²) in [6, 6.07) is 7.63. The summed E-state index contributed by atoms with van der Waals surface area (Å²) in [4.78, 5) is 23.6. The van der Waals surface area contributed by atoms with E-state index >= 15 is 0 Å². The predicted octanol–water partition coefficient (Wildman–Crippen LogP) is 3.08. The SMILES string of the molecule is Cc1nc(C(=O)Nc2ccc(-n3cnc(C)c3C)cc2)[nH]c1C. The summed E-state index contributed by atoms with van der Waals surface area (Å²) in [6.07, 6.45) is 1.80. The van der Waals surface area contributed by atoms with E-state index in [1.807, 2.05) is 56.5 Å². The molecule has 2 N–H and O–H groups in total. The molecular formula is C17H19N5O. The second-order valence-electron chi connectivity index (χ2n) is 5.58. The zero-order valence-electron chi connectivity index (χ0n) is 13.6. The van der Waals surface area contributed by atoms with Crippen molar-refractivity contribution in [3.05, 3.63) is 59.2 Å². The van der Waals surface area contributed by atoms with E-state index in [1.165, 1.54) is 0 Å². The Balaban J connectivity index is 1.77. The van der Waals surface area contributed by atoms with E-state index in [0.717, 1.165) is 34.2 Å². The number of aromatic nitrogens is 4. The molecule has 0 radical (unpaired) electrons. The highest BCUT2D eigenvalue weighted by Gasteiger charge is 2.12. The molecule has 0 atom stereocenters. The number of amides is 1. The molecule has 0 saturated carbocycles. The summed E-state index contributed by atoms with van der Waals surface area (Å²) in [5, 5.41) is 2.84. The van der Waals surface area contributed by atoms with Crippen LogP contribution in [0.4, 0.5) is 5.69 Å². The molecule has 1 amide bonds. The zero-order chi connectivity index (χ0) is 16.6. The minimum absolute atomic E-state index is 0.247. The first kappa shape index (κ1) is 15.0. The van der Waals surface area contributed by atoms with Crippen LogP contribution in [0, 0.1) is 27.7 Å². The lowest BCUT2D eigenvalue weighted by molar-refractivity contribution is 0.101. The number of nitrogens with one attached hydrogen (secondary N) is 2. The van der Waals surface area contributed by atoms with Crippen LogP contribution in [0.15, 0.2) is 30.6 Å². The fourth-order valence-electron chi connectivity index (χ4n) is 2.31. The lowest BCUT2D eigenvalue weighted by atomic mass is 10.2. The number of hydrogen-bond donors (Lipinski definition) is 2. The molecule has 0 saturated heterocycles. The zero-order valence-corrected chi connectivity index (χ0v) is 13.6. The molecule has 0 unspecified atom stereocenters. The number of benzene rings is 1. The Morgan fingerprint density at radius 2 is 1.78 bits per heavy atom. The van der Waals surface area contributed by atoms with Gasteiger partial charge in [-0.2, -0.15) is 0 Å². The van der Waals surface area contributed by atoms with E-state index in [-0.39, 0.29) is 5.91 Å². The van der Waals surface area contributed by atoms with Gasteiger partial charge in [-0.05, 0) is 52.0 Å². The molecule has 3 rings (SSSR count). The molecule has 6 nitrogen and oxygen atoms in total. The molecule has 2 aromatic heterocycles. The van der Waals surface area contributed by atoms with E-state index in [0.29, 0.717) is 5.82 Å². The number of carbonyl (C=O) groups is 1. The Labute approximate surface area is 134 Å². The summed E-state index contributed by atoms with van der Waals surface area (Å²) < 4.78 is 2.01. The van der Waals surface area contributed by atoms with E-state index < -0.39 is 0 Å². The van der Waals surface area contributed by atoms with Gasteiger partial charge in [0, 0.05) is 22.8 Å². The Kier molecular flexibility index (Phi) is 3.73. The van der Waals surface area contributed by atoms with Crippen molar-refractivity contribution in [1.82, 2.24) is 19.5 Å². The van der Waals surface area contributed by atoms with Crippen LogP contribution in [-0.4, -0.2) is 25.4 Å². The second kappa shape index (κ2) is 5.72. The van der Waals surface area contributed by atoms with Crippen LogP contribution in [0.25, 0.3) is 5.69 Å². The van der Waals surface area contributed by atoms with Crippen molar-refractivity contribution in [2.24, 2.45) is 0 Å². The molecule has 2 heterocycles.